The molecule has 2 N–H and O–H groups in total. The molecule has 1 fully saturated rings. The highest BCUT2D eigenvalue weighted by molar-refractivity contribution is 5.90. The highest BCUT2D eigenvalue weighted by Crippen LogP contribution is 2.33. The Kier molecular flexibility index (Phi) is 7.39. The highest BCUT2D eigenvalue weighted by Gasteiger charge is 2.22. The van der Waals surface area contributed by atoms with Crippen molar-refractivity contribution in [2.75, 3.05) is 26.2 Å². The van der Waals surface area contributed by atoms with Gasteiger partial charge in [-0.3, -0.25) is 4.90 Å². The lowest BCUT2D eigenvalue weighted by Crippen LogP contribution is -2.39. The fourth-order valence-electron chi connectivity index (χ4n) is 5.27. The third kappa shape index (κ3) is 5.52. The molecule has 2 aromatic carbocycles. The zero-order valence-corrected chi connectivity index (χ0v) is 22.5. The summed E-state index contributed by atoms with van der Waals surface area (Å²) in [7, 11) is 0. The minimum atomic E-state index is -0.458. The molecule has 3 aromatic heterocycles. The number of ether oxygens (including phenoxy) is 1. The van der Waals surface area contributed by atoms with Crippen molar-refractivity contribution < 1.29 is 14.6 Å². The number of rotatable bonds is 7. The second kappa shape index (κ2) is 11.4. The number of aliphatic hydroxyl groups excluding tert-OH is 1. The van der Waals surface area contributed by atoms with Crippen LogP contribution in [0.2, 0.25) is 0 Å². The predicted molar refractivity (Wildman–Crippen MR) is 154 cm³/mol. The first-order valence-corrected chi connectivity index (χ1v) is 13.7. The molecule has 0 radical (unpaired) electrons. The van der Waals surface area contributed by atoms with Crippen LogP contribution in [0.5, 0.6) is 0 Å². The predicted octanol–water partition coefficient (Wildman–Crippen LogP) is 4.60. The van der Waals surface area contributed by atoms with E-state index in [2.05, 4.69) is 62.8 Å². The Morgan fingerprint density at radius 3 is 2.58 bits per heavy atom. The summed E-state index contributed by atoms with van der Waals surface area (Å²) in [5, 5.41) is 17.0. The largest absolute Gasteiger partial charge is 0.446 e. The number of amides is 1. The van der Waals surface area contributed by atoms with Gasteiger partial charge < -0.3 is 15.2 Å². The number of likely N-dealkylation sites (tertiary alicyclic amines) is 1. The van der Waals surface area contributed by atoms with E-state index in [1.807, 2.05) is 41.9 Å². The SMILES string of the molecule is Cc1cc2ncc3cc(-c4ccccc4)c(-c4ccc(CN5CCC(OC(=O)NCCO)CC5)cc4)nc3n2n1. The lowest BCUT2D eigenvalue weighted by atomic mass is 9.97. The van der Waals surface area contributed by atoms with Crippen LogP contribution in [0.25, 0.3) is 39.1 Å². The minimum absolute atomic E-state index is 0.0899. The number of alkyl carbamates (subject to hydrolysis) is 1. The van der Waals surface area contributed by atoms with Crippen LogP contribution in [0.1, 0.15) is 24.1 Å². The number of benzene rings is 2. The summed E-state index contributed by atoms with van der Waals surface area (Å²) in [6.07, 6.45) is 2.91. The van der Waals surface area contributed by atoms with Gasteiger partial charge in [-0.2, -0.15) is 9.61 Å². The van der Waals surface area contributed by atoms with Crippen LogP contribution >= 0.6 is 0 Å². The van der Waals surface area contributed by atoms with Gasteiger partial charge in [0.15, 0.2) is 11.3 Å². The number of nitrogens with one attached hydrogen (secondary N) is 1. The maximum atomic E-state index is 11.8. The monoisotopic (exact) mass is 536 g/mol. The Balaban J connectivity index is 1.23. The molecule has 5 aromatic rings. The molecule has 1 saturated heterocycles. The molecule has 0 aliphatic carbocycles. The standard InChI is InChI=1S/C31H32N6O3/c1-21-17-28-33-19-25-18-27(23-5-3-2-4-6-23)29(34-30(25)37(28)35-21)24-9-7-22(8-10-24)20-36-14-11-26(12-15-36)40-31(39)32-13-16-38/h2-10,17-19,26,38H,11-16,20H2,1H3,(H,32,39). The first-order valence-electron chi connectivity index (χ1n) is 13.7. The fourth-order valence-corrected chi connectivity index (χ4v) is 5.27. The van der Waals surface area contributed by atoms with Gasteiger partial charge in [0.2, 0.25) is 0 Å². The average Bonchev–Trinajstić information content (AvgIpc) is 3.38. The van der Waals surface area contributed by atoms with Crippen LogP contribution in [0.15, 0.2) is 72.9 Å². The van der Waals surface area contributed by atoms with Gasteiger partial charge in [-0.25, -0.2) is 14.8 Å². The first-order chi connectivity index (χ1) is 19.6. The van der Waals surface area contributed by atoms with Crippen LogP contribution in [0.4, 0.5) is 4.79 Å². The Labute approximate surface area is 232 Å². The normalized spacial score (nSPS) is 14.6. The molecule has 9 heteroatoms. The summed E-state index contributed by atoms with van der Waals surface area (Å²) in [6.45, 7) is 4.62. The third-order valence-electron chi connectivity index (χ3n) is 7.29. The second-order valence-electron chi connectivity index (χ2n) is 10.2. The van der Waals surface area contributed by atoms with Crippen molar-refractivity contribution in [2.24, 2.45) is 0 Å². The van der Waals surface area contributed by atoms with E-state index in [-0.39, 0.29) is 19.3 Å². The van der Waals surface area contributed by atoms with Gasteiger partial charge in [0, 0.05) is 55.0 Å². The van der Waals surface area contributed by atoms with Crippen molar-refractivity contribution in [1.29, 1.82) is 0 Å². The van der Waals surface area contributed by atoms with Crippen molar-refractivity contribution in [3.63, 3.8) is 0 Å². The third-order valence-corrected chi connectivity index (χ3v) is 7.29. The summed E-state index contributed by atoms with van der Waals surface area (Å²) in [5.41, 5.74) is 7.79. The minimum Gasteiger partial charge on any atom is -0.446 e. The maximum absolute atomic E-state index is 11.8. The van der Waals surface area contributed by atoms with E-state index < -0.39 is 6.09 Å². The summed E-state index contributed by atoms with van der Waals surface area (Å²) in [4.78, 5) is 23.9. The molecule has 0 atom stereocenters. The van der Waals surface area contributed by atoms with Crippen molar-refractivity contribution >= 4 is 22.8 Å². The molecule has 6 rings (SSSR count). The summed E-state index contributed by atoms with van der Waals surface area (Å²) in [6, 6.07) is 23.0. The Hall–Kier alpha value is -4.34. The molecule has 9 nitrogen and oxygen atoms in total. The lowest BCUT2D eigenvalue weighted by molar-refractivity contribution is 0.0481. The van der Waals surface area contributed by atoms with E-state index in [1.165, 1.54) is 5.56 Å². The van der Waals surface area contributed by atoms with Crippen LogP contribution in [0.3, 0.4) is 0 Å². The Morgan fingerprint density at radius 1 is 1.05 bits per heavy atom. The summed E-state index contributed by atoms with van der Waals surface area (Å²) in [5.74, 6) is 0. The quantitative estimate of drug-likeness (QED) is 0.313. The molecule has 204 valence electrons. The Morgan fingerprint density at radius 2 is 1.82 bits per heavy atom. The van der Waals surface area contributed by atoms with Crippen LogP contribution in [-0.2, 0) is 11.3 Å². The molecule has 4 heterocycles. The van der Waals surface area contributed by atoms with Gasteiger partial charge in [-0.05, 0) is 37.0 Å². The average molecular weight is 537 g/mol. The van der Waals surface area contributed by atoms with E-state index >= 15 is 0 Å². The molecule has 40 heavy (non-hydrogen) atoms. The Bertz CT molecular complexity index is 1630. The molecular weight excluding hydrogens is 504 g/mol. The van der Waals surface area contributed by atoms with E-state index in [4.69, 9.17) is 14.8 Å². The topological polar surface area (TPSA) is 105 Å². The first kappa shape index (κ1) is 25.9. The number of aliphatic hydroxyl groups is 1. The second-order valence-corrected chi connectivity index (χ2v) is 10.2. The van der Waals surface area contributed by atoms with Gasteiger partial charge >= 0.3 is 6.09 Å². The maximum Gasteiger partial charge on any atom is 0.407 e. The van der Waals surface area contributed by atoms with Gasteiger partial charge in [0.25, 0.3) is 0 Å². The molecule has 0 unspecified atom stereocenters. The van der Waals surface area contributed by atoms with Gasteiger partial charge in [0.1, 0.15) is 6.10 Å². The summed E-state index contributed by atoms with van der Waals surface area (Å²) >= 11 is 0. The summed E-state index contributed by atoms with van der Waals surface area (Å²) < 4.78 is 7.28. The zero-order valence-electron chi connectivity index (χ0n) is 22.5. The molecule has 1 aliphatic heterocycles. The molecule has 0 bridgehead atoms. The van der Waals surface area contributed by atoms with Crippen LogP contribution < -0.4 is 5.32 Å². The number of hydrogen-bond donors (Lipinski definition) is 2. The highest BCUT2D eigenvalue weighted by atomic mass is 16.6. The van der Waals surface area contributed by atoms with Crippen LogP contribution in [0, 0.1) is 6.92 Å². The number of aryl methyl sites for hydroxylation is 1. The number of nitrogens with zero attached hydrogens (tertiary/aromatic N) is 5. The van der Waals surface area contributed by atoms with E-state index in [0.29, 0.717) is 0 Å². The van der Waals surface area contributed by atoms with E-state index in [0.717, 1.165) is 77.2 Å². The van der Waals surface area contributed by atoms with Crippen molar-refractivity contribution in [2.45, 2.75) is 32.4 Å². The number of aromatic nitrogens is 4. The van der Waals surface area contributed by atoms with Crippen molar-refractivity contribution in [3.05, 3.63) is 84.2 Å². The molecular formula is C31H32N6O3. The smallest absolute Gasteiger partial charge is 0.407 e. The van der Waals surface area contributed by atoms with Crippen molar-refractivity contribution in [3.8, 4) is 22.4 Å². The van der Waals surface area contributed by atoms with Crippen LogP contribution in [-0.4, -0.2) is 68.0 Å². The van der Waals surface area contributed by atoms with Gasteiger partial charge in [0.05, 0.1) is 18.0 Å². The number of fused-ring (bicyclic) bond motifs is 3. The van der Waals surface area contributed by atoms with Gasteiger partial charge in [-0.15, -0.1) is 0 Å². The molecule has 0 saturated carbocycles. The van der Waals surface area contributed by atoms with E-state index in [9.17, 15) is 4.79 Å². The van der Waals surface area contributed by atoms with Crippen molar-refractivity contribution in [1.82, 2.24) is 29.8 Å². The molecule has 0 spiro atoms. The number of carbonyl (C=O) groups is 1. The lowest BCUT2D eigenvalue weighted by Gasteiger charge is -2.31. The van der Waals surface area contributed by atoms with E-state index in [1.54, 1.807) is 0 Å². The number of carbonyl (C=O) groups excluding carboxylic acids is 1. The van der Waals surface area contributed by atoms with Gasteiger partial charge in [-0.1, -0.05) is 54.6 Å². The molecule has 1 aliphatic rings. The fraction of sp³-hybridized carbons (Fsp3) is 0.290. The number of hydrogen-bond acceptors (Lipinski definition) is 7. The number of pyridine rings is 1. The number of piperidine rings is 1. The molecule has 1 amide bonds. The zero-order chi connectivity index (χ0) is 27.5.